The van der Waals surface area contributed by atoms with Gasteiger partial charge < -0.3 is 10.6 Å². The predicted octanol–water partition coefficient (Wildman–Crippen LogP) is 3.96. The van der Waals surface area contributed by atoms with Gasteiger partial charge in [-0.2, -0.15) is 0 Å². The van der Waals surface area contributed by atoms with Gasteiger partial charge in [-0.1, -0.05) is 41.9 Å². The number of benzene rings is 1. The van der Waals surface area contributed by atoms with E-state index in [4.69, 9.17) is 17.3 Å². The highest BCUT2D eigenvalue weighted by Crippen LogP contribution is 2.32. The highest BCUT2D eigenvalue weighted by Gasteiger charge is 2.34. The summed E-state index contributed by atoms with van der Waals surface area (Å²) in [6.07, 6.45) is 1.30. The summed E-state index contributed by atoms with van der Waals surface area (Å²) < 4.78 is 0. The van der Waals surface area contributed by atoms with Crippen LogP contribution in [0, 0.1) is 5.92 Å². The lowest BCUT2D eigenvalue weighted by molar-refractivity contribution is -0.130. The zero-order chi connectivity index (χ0) is 16.2. The van der Waals surface area contributed by atoms with E-state index in [1.54, 1.807) is 11.3 Å². The number of hydrogen-bond donors (Lipinski definition) is 1. The molecule has 6 heteroatoms. The van der Waals surface area contributed by atoms with Crippen LogP contribution in [0.15, 0.2) is 41.8 Å². The zero-order valence-corrected chi connectivity index (χ0v) is 15.7. The molecule has 0 radical (unpaired) electrons. The first-order chi connectivity index (χ1) is 11.2. The van der Waals surface area contributed by atoms with Crippen LogP contribution >= 0.6 is 35.3 Å². The van der Waals surface area contributed by atoms with Crippen molar-refractivity contribution in [3.63, 3.8) is 0 Å². The van der Waals surface area contributed by atoms with Gasteiger partial charge in [0.1, 0.15) is 0 Å². The normalized spacial score (nSPS) is 20.0. The van der Waals surface area contributed by atoms with E-state index in [1.165, 1.54) is 5.56 Å². The van der Waals surface area contributed by atoms with Gasteiger partial charge >= 0.3 is 0 Å². The Labute approximate surface area is 158 Å². The van der Waals surface area contributed by atoms with Crippen molar-refractivity contribution in [3.8, 4) is 0 Å². The molecule has 0 bridgehead atoms. The molecular weight excluding hydrogens is 363 g/mol. The summed E-state index contributed by atoms with van der Waals surface area (Å²) in [5.74, 6) is 0.908. The molecule has 0 aliphatic carbocycles. The SMILES string of the molecule is Cl.NC[C@@H]1CN(C(=O)CCc2cc(Cl)cs2)C[C@H]1c1ccccc1. The first kappa shape index (κ1) is 19.3. The van der Waals surface area contributed by atoms with Crippen LogP contribution in [0.1, 0.15) is 22.8 Å². The summed E-state index contributed by atoms with van der Waals surface area (Å²) in [5, 5.41) is 2.67. The first-order valence-electron chi connectivity index (χ1n) is 7.93. The van der Waals surface area contributed by atoms with Crippen molar-refractivity contribution >= 4 is 41.3 Å². The maximum Gasteiger partial charge on any atom is 0.222 e. The van der Waals surface area contributed by atoms with E-state index < -0.39 is 0 Å². The van der Waals surface area contributed by atoms with Crippen LogP contribution in [0.2, 0.25) is 5.02 Å². The molecule has 2 aromatic rings. The molecule has 1 amide bonds. The van der Waals surface area contributed by atoms with Gasteiger partial charge in [-0.3, -0.25) is 4.79 Å². The molecule has 1 fully saturated rings. The minimum atomic E-state index is 0. The molecule has 2 atom stereocenters. The Balaban J connectivity index is 0.00000208. The van der Waals surface area contributed by atoms with Crippen molar-refractivity contribution in [2.45, 2.75) is 18.8 Å². The highest BCUT2D eigenvalue weighted by molar-refractivity contribution is 7.10. The lowest BCUT2D eigenvalue weighted by Crippen LogP contribution is -2.29. The molecule has 1 aromatic carbocycles. The van der Waals surface area contributed by atoms with Gasteiger partial charge in [0.15, 0.2) is 0 Å². The van der Waals surface area contributed by atoms with Crippen molar-refractivity contribution in [1.29, 1.82) is 0 Å². The fraction of sp³-hybridized carbons (Fsp3) is 0.389. The largest absolute Gasteiger partial charge is 0.342 e. The quantitative estimate of drug-likeness (QED) is 0.847. The monoisotopic (exact) mass is 384 g/mol. The smallest absolute Gasteiger partial charge is 0.222 e. The van der Waals surface area contributed by atoms with Crippen LogP contribution in [-0.2, 0) is 11.2 Å². The number of amides is 1. The molecule has 2 heterocycles. The summed E-state index contributed by atoms with van der Waals surface area (Å²) in [5.41, 5.74) is 7.22. The Morgan fingerprint density at radius 2 is 2.04 bits per heavy atom. The Morgan fingerprint density at radius 1 is 1.29 bits per heavy atom. The molecule has 1 aliphatic heterocycles. The second-order valence-corrected chi connectivity index (χ2v) is 7.48. The van der Waals surface area contributed by atoms with Crippen LogP contribution in [0.3, 0.4) is 0 Å². The molecule has 3 nitrogen and oxygen atoms in total. The average Bonchev–Trinajstić information content (AvgIpc) is 3.19. The van der Waals surface area contributed by atoms with Gasteiger partial charge in [0.2, 0.25) is 5.91 Å². The molecule has 0 spiro atoms. The second kappa shape index (κ2) is 8.86. The minimum Gasteiger partial charge on any atom is -0.342 e. The first-order valence-corrected chi connectivity index (χ1v) is 9.19. The van der Waals surface area contributed by atoms with Gasteiger partial charge in [0.25, 0.3) is 0 Å². The summed E-state index contributed by atoms with van der Waals surface area (Å²) >= 11 is 7.54. The van der Waals surface area contributed by atoms with Crippen LogP contribution in [0.25, 0.3) is 0 Å². The number of aryl methyl sites for hydroxylation is 1. The highest BCUT2D eigenvalue weighted by atomic mass is 35.5. The molecule has 3 rings (SSSR count). The molecule has 1 aliphatic rings. The van der Waals surface area contributed by atoms with Gasteiger partial charge in [0.05, 0.1) is 5.02 Å². The van der Waals surface area contributed by atoms with Crippen molar-refractivity contribution < 1.29 is 4.79 Å². The fourth-order valence-corrected chi connectivity index (χ4v) is 4.34. The Kier molecular flexibility index (Phi) is 7.11. The van der Waals surface area contributed by atoms with Crippen molar-refractivity contribution in [2.75, 3.05) is 19.6 Å². The predicted molar refractivity (Wildman–Crippen MR) is 103 cm³/mol. The average molecular weight is 385 g/mol. The van der Waals surface area contributed by atoms with Crippen molar-refractivity contribution in [1.82, 2.24) is 4.90 Å². The van der Waals surface area contributed by atoms with Crippen molar-refractivity contribution in [2.24, 2.45) is 11.7 Å². The number of nitrogens with two attached hydrogens (primary N) is 1. The third kappa shape index (κ3) is 4.51. The van der Waals surface area contributed by atoms with E-state index in [1.807, 2.05) is 34.5 Å². The number of carbonyl (C=O) groups is 1. The number of hydrogen-bond acceptors (Lipinski definition) is 3. The number of carbonyl (C=O) groups excluding carboxylic acids is 1. The van der Waals surface area contributed by atoms with Crippen LogP contribution in [-0.4, -0.2) is 30.4 Å². The van der Waals surface area contributed by atoms with E-state index in [9.17, 15) is 4.79 Å². The third-order valence-electron chi connectivity index (χ3n) is 4.53. The molecule has 2 N–H and O–H groups in total. The zero-order valence-electron chi connectivity index (χ0n) is 13.4. The molecule has 1 saturated heterocycles. The lowest BCUT2D eigenvalue weighted by atomic mass is 9.89. The molecule has 24 heavy (non-hydrogen) atoms. The van der Waals surface area contributed by atoms with E-state index in [0.717, 1.165) is 29.4 Å². The van der Waals surface area contributed by atoms with Gasteiger partial charge in [-0.25, -0.2) is 0 Å². The molecule has 130 valence electrons. The second-order valence-electron chi connectivity index (χ2n) is 6.04. The minimum absolute atomic E-state index is 0. The molecule has 1 aromatic heterocycles. The Morgan fingerprint density at radius 3 is 2.67 bits per heavy atom. The third-order valence-corrected chi connectivity index (χ3v) is 5.88. The fourth-order valence-electron chi connectivity index (χ4n) is 3.26. The van der Waals surface area contributed by atoms with E-state index in [-0.39, 0.29) is 18.3 Å². The van der Waals surface area contributed by atoms with E-state index in [2.05, 4.69) is 12.1 Å². The summed E-state index contributed by atoms with van der Waals surface area (Å²) in [4.78, 5) is 15.7. The number of rotatable bonds is 5. The maximum atomic E-state index is 12.5. The Hall–Kier alpha value is -1.07. The van der Waals surface area contributed by atoms with Crippen LogP contribution in [0.4, 0.5) is 0 Å². The number of likely N-dealkylation sites (tertiary alicyclic amines) is 1. The van der Waals surface area contributed by atoms with Gasteiger partial charge in [-0.15, -0.1) is 23.7 Å². The standard InChI is InChI=1S/C18H21ClN2OS.ClH/c19-15-8-16(23-12-15)6-7-18(22)21-10-14(9-20)17(11-21)13-4-2-1-3-5-13;/h1-5,8,12,14,17H,6-7,9-11,20H2;1H/t14-,17+;/m1./s1. The summed E-state index contributed by atoms with van der Waals surface area (Å²) in [7, 11) is 0. The van der Waals surface area contributed by atoms with Crippen LogP contribution in [0.5, 0.6) is 0 Å². The number of halogens is 2. The van der Waals surface area contributed by atoms with Gasteiger partial charge in [-0.05, 0) is 30.5 Å². The number of nitrogens with zero attached hydrogens (tertiary/aromatic N) is 1. The molecular formula is C18H22Cl2N2OS. The van der Waals surface area contributed by atoms with E-state index in [0.29, 0.717) is 24.8 Å². The summed E-state index contributed by atoms with van der Waals surface area (Å²) in [6, 6.07) is 12.3. The maximum absolute atomic E-state index is 12.5. The topological polar surface area (TPSA) is 46.3 Å². The Bertz CT molecular complexity index is 662. The van der Waals surface area contributed by atoms with Crippen molar-refractivity contribution in [3.05, 3.63) is 57.2 Å². The van der Waals surface area contributed by atoms with E-state index >= 15 is 0 Å². The summed E-state index contributed by atoms with van der Waals surface area (Å²) in [6.45, 7) is 2.15. The van der Waals surface area contributed by atoms with Gasteiger partial charge in [0, 0.05) is 35.7 Å². The lowest BCUT2D eigenvalue weighted by Gasteiger charge is -2.16. The molecule has 0 unspecified atom stereocenters. The van der Waals surface area contributed by atoms with Crippen LogP contribution < -0.4 is 5.73 Å². The molecule has 0 saturated carbocycles. The number of thiophene rings is 1.